The molecule has 1 heterocycles. The Bertz CT molecular complexity index is 507. The molecule has 0 spiro atoms. The average molecular weight is 306 g/mol. The number of carboxylic acid groups (broad SMARTS) is 1. The smallest absolute Gasteiger partial charge is 0.260 e. The lowest BCUT2D eigenvalue weighted by atomic mass is 10.2. The van der Waals surface area contributed by atoms with Gasteiger partial charge >= 0.3 is 0 Å². The van der Waals surface area contributed by atoms with Crippen molar-refractivity contribution in [1.29, 1.82) is 0 Å². The molecule has 120 valence electrons. The van der Waals surface area contributed by atoms with Crippen LogP contribution in [0.5, 0.6) is 5.75 Å². The summed E-state index contributed by atoms with van der Waals surface area (Å²) in [5.74, 6) is -0.353. The normalized spacial score (nSPS) is 15.6. The van der Waals surface area contributed by atoms with Crippen molar-refractivity contribution < 1.29 is 24.3 Å². The molecule has 22 heavy (non-hydrogen) atoms. The Morgan fingerprint density at radius 1 is 1.23 bits per heavy atom. The number of carbonyl (C=O) groups is 2. The molecule has 1 aromatic rings. The minimum absolute atomic E-state index is 0.0282. The number of carbonyl (C=O) groups excluding carboxylic acids is 2. The van der Waals surface area contributed by atoms with Gasteiger partial charge in [0, 0.05) is 12.4 Å². The third-order valence-electron chi connectivity index (χ3n) is 3.89. The molecule has 0 atom stereocenters. The van der Waals surface area contributed by atoms with Crippen LogP contribution in [0.2, 0.25) is 0 Å². The van der Waals surface area contributed by atoms with Crippen LogP contribution in [0.4, 0.5) is 0 Å². The fourth-order valence-electron chi connectivity index (χ4n) is 2.47. The first-order chi connectivity index (χ1) is 10.5. The Labute approximate surface area is 130 Å². The number of ether oxygens (including phenoxy) is 1. The zero-order chi connectivity index (χ0) is 15.9. The van der Waals surface area contributed by atoms with Crippen LogP contribution >= 0.6 is 0 Å². The number of hydrogen-bond donors (Lipinski definition) is 1. The molecule has 0 aromatic heterocycles. The SMILES string of the molecule is Cc1ccc(OCC(=O)N2CC[NH+](CCC(=O)[O-])CC2)cc1. The number of benzene rings is 1. The Morgan fingerprint density at radius 3 is 2.45 bits per heavy atom. The Kier molecular flexibility index (Phi) is 5.77. The summed E-state index contributed by atoms with van der Waals surface area (Å²) in [6.07, 6.45) is 0.0693. The fourth-order valence-corrected chi connectivity index (χ4v) is 2.47. The molecule has 1 aromatic carbocycles. The number of aryl methyl sites for hydroxylation is 1. The first-order valence-corrected chi connectivity index (χ1v) is 7.55. The first kappa shape index (κ1) is 16.3. The van der Waals surface area contributed by atoms with E-state index in [4.69, 9.17) is 4.74 Å². The summed E-state index contributed by atoms with van der Waals surface area (Å²) in [5, 5.41) is 10.4. The van der Waals surface area contributed by atoms with E-state index in [-0.39, 0.29) is 18.9 Å². The number of nitrogens with zero attached hydrogens (tertiary/aromatic N) is 1. The van der Waals surface area contributed by atoms with Crippen LogP contribution in [-0.2, 0) is 9.59 Å². The predicted octanol–water partition coefficient (Wildman–Crippen LogP) is -1.76. The van der Waals surface area contributed by atoms with Crippen molar-refractivity contribution >= 4 is 11.9 Å². The molecule has 0 radical (unpaired) electrons. The van der Waals surface area contributed by atoms with Crippen molar-refractivity contribution in [2.75, 3.05) is 39.3 Å². The van der Waals surface area contributed by atoms with Crippen molar-refractivity contribution in [2.24, 2.45) is 0 Å². The summed E-state index contributed by atoms with van der Waals surface area (Å²) < 4.78 is 5.50. The van der Waals surface area contributed by atoms with Gasteiger partial charge in [-0.3, -0.25) is 4.79 Å². The number of amides is 1. The van der Waals surface area contributed by atoms with Crippen LogP contribution in [0, 0.1) is 6.92 Å². The molecule has 0 saturated carbocycles. The lowest BCUT2D eigenvalue weighted by Crippen LogP contribution is -3.15. The molecule has 1 saturated heterocycles. The molecule has 1 aliphatic rings. The van der Waals surface area contributed by atoms with E-state index in [2.05, 4.69) is 0 Å². The highest BCUT2D eigenvalue weighted by atomic mass is 16.5. The largest absolute Gasteiger partial charge is 0.550 e. The molecule has 0 unspecified atom stereocenters. The van der Waals surface area contributed by atoms with Crippen LogP contribution < -0.4 is 14.7 Å². The standard InChI is InChI=1S/C16H22N2O4/c1-13-2-4-14(5-3-13)22-12-15(19)18-10-8-17(9-11-18)7-6-16(20)21/h2-5H,6-12H2,1H3,(H,20,21). The van der Waals surface area contributed by atoms with Gasteiger partial charge in [-0.1, -0.05) is 17.7 Å². The maximum absolute atomic E-state index is 12.1. The second-order valence-electron chi connectivity index (χ2n) is 5.60. The number of piperazine rings is 1. The number of quaternary nitrogens is 1. The molecule has 1 fully saturated rings. The number of hydrogen-bond acceptors (Lipinski definition) is 4. The van der Waals surface area contributed by atoms with Gasteiger partial charge < -0.3 is 24.4 Å². The summed E-state index contributed by atoms with van der Waals surface area (Å²) >= 11 is 0. The van der Waals surface area contributed by atoms with Gasteiger partial charge in [0.1, 0.15) is 5.75 Å². The highest BCUT2D eigenvalue weighted by Gasteiger charge is 2.23. The van der Waals surface area contributed by atoms with E-state index in [9.17, 15) is 14.7 Å². The minimum atomic E-state index is -1.02. The van der Waals surface area contributed by atoms with Crippen molar-refractivity contribution in [2.45, 2.75) is 13.3 Å². The predicted molar refractivity (Wildman–Crippen MR) is 78.4 cm³/mol. The summed E-state index contributed by atoms with van der Waals surface area (Å²) in [5.41, 5.74) is 1.15. The Morgan fingerprint density at radius 2 is 1.86 bits per heavy atom. The van der Waals surface area contributed by atoms with Crippen molar-refractivity contribution in [3.63, 3.8) is 0 Å². The summed E-state index contributed by atoms with van der Waals surface area (Å²) in [7, 11) is 0. The molecule has 2 rings (SSSR count). The second kappa shape index (κ2) is 7.79. The van der Waals surface area contributed by atoms with E-state index >= 15 is 0 Å². The number of carboxylic acids is 1. The van der Waals surface area contributed by atoms with Crippen molar-refractivity contribution in [1.82, 2.24) is 4.90 Å². The molecule has 1 aliphatic heterocycles. The number of aliphatic carboxylic acids is 1. The third kappa shape index (κ3) is 5.04. The van der Waals surface area contributed by atoms with E-state index in [0.717, 1.165) is 18.7 Å². The molecule has 1 amide bonds. The average Bonchev–Trinajstić information content (AvgIpc) is 2.52. The zero-order valence-corrected chi connectivity index (χ0v) is 12.8. The van der Waals surface area contributed by atoms with Gasteiger partial charge in [-0.25, -0.2) is 0 Å². The number of nitrogens with one attached hydrogen (secondary N) is 1. The van der Waals surface area contributed by atoms with Gasteiger partial charge in [-0.05, 0) is 19.1 Å². The minimum Gasteiger partial charge on any atom is -0.550 e. The van der Waals surface area contributed by atoms with Gasteiger partial charge in [0.25, 0.3) is 5.91 Å². The zero-order valence-electron chi connectivity index (χ0n) is 12.8. The molecule has 1 N–H and O–H groups in total. The summed E-state index contributed by atoms with van der Waals surface area (Å²) in [4.78, 5) is 25.5. The van der Waals surface area contributed by atoms with Crippen LogP contribution in [-0.4, -0.2) is 56.1 Å². The van der Waals surface area contributed by atoms with Crippen LogP contribution in [0.25, 0.3) is 0 Å². The maximum atomic E-state index is 12.1. The van der Waals surface area contributed by atoms with Gasteiger partial charge in [0.2, 0.25) is 0 Å². The van der Waals surface area contributed by atoms with E-state index in [0.29, 0.717) is 25.4 Å². The molecule has 6 nitrogen and oxygen atoms in total. The van der Waals surface area contributed by atoms with Crippen molar-refractivity contribution in [3.05, 3.63) is 29.8 Å². The number of rotatable bonds is 6. The molecule has 0 aliphatic carbocycles. The molecular formula is C16H22N2O4. The van der Waals surface area contributed by atoms with Gasteiger partial charge in [0.15, 0.2) is 6.61 Å². The van der Waals surface area contributed by atoms with E-state index in [1.807, 2.05) is 31.2 Å². The van der Waals surface area contributed by atoms with E-state index in [1.54, 1.807) is 4.90 Å². The first-order valence-electron chi connectivity index (χ1n) is 7.55. The monoisotopic (exact) mass is 306 g/mol. The molecular weight excluding hydrogens is 284 g/mol. The van der Waals surface area contributed by atoms with Crippen LogP contribution in [0.1, 0.15) is 12.0 Å². The quantitative estimate of drug-likeness (QED) is 0.676. The summed E-state index contributed by atoms with van der Waals surface area (Å²) in [6, 6.07) is 7.59. The fraction of sp³-hybridized carbons (Fsp3) is 0.500. The maximum Gasteiger partial charge on any atom is 0.260 e. The van der Waals surface area contributed by atoms with Crippen LogP contribution in [0.15, 0.2) is 24.3 Å². The van der Waals surface area contributed by atoms with E-state index < -0.39 is 5.97 Å². The van der Waals surface area contributed by atoms with Gasteiger partial charge in [0.05, 0.1) is 32.7 Å². The lowest BCUT2D eigenvalue weighted by Gasteiger charge is -2.32. The lowest BCUT2D eigenvalue weighted by molar-refractivity contribution is -0.903. The Balaban J connectivity index is 1.70. The topological polar surface area (TPSA) is 74.1 Å². The van der Waals surface area contributed by atoms with Gasteiger partial charge in [-0.15, -0.1) is 0 Å². The summed E-state index contributed by atoms with van der Waals surface area (Å²) in [6.45, 7) is 5.41. The van der Waals surface area contributed by atoms with E-state index in [1.165, 1.54) is 4.90 Å². The highest BCUT2D eigenvalue weighted by Crippen LogP contribution is 2.11. The van der Waals surface area contributed by atoms with Crippen molar-refractivity contribution in [3.8, 4) is 5.75 Å². The molecule has 6 heteroatoms. The third-order valence-corrected chi connectivity index (χ3v) is 3.89. The Hall–Kier alpha value is -2.08. The van der Waals surface area contributed by atoms with Crippen LogP contribution in [0.3, 0.4) is 0 Å². The second-order valence-corrected chi connectivity index (χ2v) is 5.60. The highest BCUT2D eigenvalue weighted by molar-refractivity contribution is 5.77. The van der Waals surface area contributed by atoms with Gasteiger partial charge in [-0.2, -0.15) is 0 Å². The molecule has 0 bridgehead atoms.